The highest BCUT2D eigenvalue weighted by Crippen LogP contribution is 2.29. The fourth-order valence-electron chi connectivity index (χ4n) is 2.57. The van der Waals surface area contributed by atoms with Gasteiger partial charge in [-0.25, -0.2) is 0 Å². The van der Waals surface area contributed by atoms with Gasteiger partial charge in [-0.2, -0.15) is 0 Å². The predicted molar refractivity (Wildman–Crippen MR) is 75.4 cm³/mol. The van der Waals surface area contributed by atoms with Crippen molar-refractivity contribution >= 4 is 11.8 Å². The molecule has 0 heterocycles. The second-order valence-electron chi connectivity index (χ2n) is 5.60. The number of likely N-dealkylation sites (N-methyl/N-ethyl adjacent to an activating group) is 1. The van der Waals surface area contributed by atoms with Gasteiger partial charge in [-0.3, -0.25) is 9.59 Å². The Bertz CT molecular complexity index is 320. The molecule has 1 rings (SSSR count). The molecule has 3 unspecified atom stereocenters. The molecule has 0 aromatic carbocycles. The Morgan fingerprint density at radius 3 is 2.68 bits per heavy atom. The van der Waals surface area contributed by atoms with Crippen molar-refractivity contribution in [1.82, 2.24) is 10.2 Å². The molecular formula is C14H27N3O2. The van der Waals surface area contributed by atoms with Crippen LogP contribution in [-0.4, -0.2) is 42.9 Å². The molecule has 5 heteroatoms. The largest absolute Gasteiger partial charge is 0.347 e. The van der Waals surface area contributed by atoms with Crippen LogP contribution in [0.25, 0.3) is 0 Å². The van der Waals surface area contributed by atoms with E-state index in [-0.39, 0.29) is 30.3 Å². The van der Waals surface area contributed by atoms with Crippen LogP contribution in [0, 0.1) is 11.8 Å². The second-order valence-corrected chi connectivity index (χ2v) is 5.60. The number of nitrogens with zero attached hydrogens (tertiary/aromatic N) is 1. The van der Waals surface area contributed by atoms with E-state index in [0.29, 0.717) is 12.5 Å². The van der Waals surface area contributed by atoms with E-state index in [0.717, 1.165) is 25.7 Å². The third-order valence-corrected chi connectivity index (χ3v) is 4.19. The lowest BCUT2D eigenvalue weighted by atomic mass is 9.78. The molecule has 3 N–H and O–H groups in total. The lowest BCUT2D eigenvalue weighted by Crippen LogP contribution is -2.42. The third-order valence-electron chi connectivity index (χ3n) is 4.19. The van der Waals surface area contributed by atoms with Gasteiger partial charge in [-0.05, 0) is 32.1 Å². The molecule has 0 aliphatic heterocycles. The highest BCUT2D eigenvalue weighted by molar-refractivity contribution is 5.85. The highest BCUT2D eigenvalue weighted by Gasteiger charge is 2.28. The van der Waals surface area contributed by atoms with Crippen LogP contribution in [0.3, 0.4) is 0 Å². The summed E-state index contributed by atoms with van der Waals surface area (Å²) in [5, 5.41) is 2.74. The molecule has 0 aromatic heterocycles. The van der Waals surface area contributed by atoms with E-state index in [4.69, 9.17) is 5.73 Å². The number of hydrogen-bond acceptors (Lipinski definition) is 3. The maximum absolute atomic E-state index is 12.0. The Morgan fingerprint density at radius 1 is 1.42 bits per heavy atom. The Balaban J connectivity index is 2.38. The van der Waals surface area contributed by atoms with Crippen molar-refractivity contribution < 1.29 is 9.59 Å². The maximum Gasteiger partial charge on any atom is 0.241 e. The van der Waals surface area contributed by atoms with E-state index in [2.05, 4.69) is 5.32 Å². The van der Waals surface area contributed by atoms with Gasteiger partial charge in [0.05, 0.1) is 6.54 Å². The summed E-state index contributed by atoms with van der Waals surface area (Å²) >= 11 is 0. The molecule has 0 spiro atoms. The van der Waals surface area contributed by atoms with Gasteiger partial charge in [0.25, 0.3) is 0 Å². The highest BCUT2D eigenvalue weighted by atomic mass is 16.2. The van der Waals surface area contributed by atoms with Crippen LogP contribution in [0.2, 0.25) is 0 Å². The summed E-state index contributed by atoms with van der Waals surface area (Å²) in [6.07, 6.45) is 4.13. The topological polar surface area (TPSA) is 75.4 Å². The van der Waals surface area contributed by atoms with Gasteiger partial charge < -0.3 is 16.0 Å². The third kappa shape index (κ3) is 4.82. The molecule has 2 amide bonds. The van der Waals surface area contributed by atoms with E-state index in [1.807, 2.05) is 13.8 Å². The standard InChI is InChI=1S/C14H27N3O2/c1-4-17(3)13(18)9-16-14(19)10(2)11-6-5-7-12(15)8-11/h10-12H,4-9,15H2,1-3H3,(H,16,19). The van der Waals surface area contributed by atoms with Crippen LogP contribution < -0.4 is 11.1 Å². The van der Waals surface area contributed by atoms with Crippen molar-refractivity contribution in [3.63, 3.8) is 0 Å². The van der Waals surface area contributed by atoms with Crippen molar-refractivity contribution in [3.8, 4) is 0 Å². The molecule has 3 atom stereocenters. The SMILES string of the molecule is CCN(C)C(=O)CNC(=O)C(C)C1CCCC(N)C1. The Hall–Kier alpha value is -1.10. The van der Waals surface area contributed by atoms with Crippen LogP contribution in [-0.2, 0) is 9.59 Å². The lowest BCUT2D eigenvalue weighted by molar-refractivity contribution is -0.133. The zero-order valence-corrected chi connectivity index (χ0v) is 12.3. The lowest BCUT2D eigenvalue weighted by Gasteiger charge is -2.30. The van der Waals surface area contributed by atoms with Gasteiger partial charge in [0.2, 0.25) is 11.8 Å². The molecule has 1 aliphatic carbocycles. The van der Waals surface area contributed by atoms with Gasteiger partial charge in [0, 0.05) is 25.6 Å². The van der Waals surface area contributed by atoms with Gasteiger partial charge >= 0.3 is 0 Å². The van der Waals surface area contributed by atoms with E-state index in [1.54, 1.807) is 11.9 Å². The van der Waals surface area contributed by atoms with Crippen molar-refractivity contribution in [2.24, 2.45) is 17.6 Å². The van der Waals surface area contributed by atoms with Crippen LogP contribution in [0.4, 0.5) is 0 Å². The quantitative estimate of drug-likeness (QED) is 0.773. The zero-order chi connectivity index (χ0) is 14.4. The summed E-state index contributed by atoms with van der Waals surface area (Å²) in [5.74, 6) is 0.203. The van der Waals surface area contributed by atoms with Crippen molar-refractivity contribution in [3.05, 3.63) is 0 Å². The van der Waals surface area contributed by atoms with Gasteiger partial charge in [-0.1, -0.05) is 13.3 Å². The molecule has 0 saturated heterocycles. The number of nitrogens with one attached hydrogen (secondary N) is 1. The zero-order valence-electron chi connectivity index (χ0n) is 12.3. The summed E-state index contributed by atoms with van der Waals surface area (Å²) < 4.78 is 0. The Labute approximate surface area is 115 Å². The molecule has 0 aromatic rings. The first-order valence-electron chi connectivity index (χ1n) is 7.23. The molecule has 1 aliphatic rings. The van der Waals surface area contributed by atoms with Gasteiger partial charge in [0.1, 0.15) is 0 Å². The minimum atomic E-state index is -0.0638. The van der Waals surface area contributed by atoms with Crippen LogP contribution in [0.1, 0.15) is 39.5 Å². The molecule has 5 nitrogen and oxygen atoms in total. The smallest absolute Gasteiger partial charge is 0.241 e. The monoisotopic (exact) mass is 269 g/mol. The molecule has 19 heavy (non-hydrogen) atoms. The number of amides is 2. The van der Waals surface area contributed by atoms with Crippen molar-refractivity contribution in [2.75, 3.05) is 20.1 Å². The summed E-state index contributed by atoms with van der Waals surface area (Å²) in [6, 6.07) is 0.224. The van der Waals surface area contributed by atoms with Crippen molar-refractivity contribution in [2.45, 2.75) is 45.6 Å². The molecule has 0 bridgehead atoms. The predicted octanol–water partition coefficient (Wildman–Crippen LogP) is 0.735. The second kappa shape index (κ2) is 7.48. The van der Waals surface area contributed by atoms with E-state index < -0.39 is 0 Å². The van der Waals surface area contributed by atoms with Crippen LogP contribution >= 0.6 is 0 Å². The fourth-order valence-corrected chi connectivity index (χ4v) is 2.57. The number of carbonyl (C=O) groups excluding carboxylic acids is 2. The van der Waals surface area contributed by atoms with Crippen LogP contribution in [0.15, 0.2) is 0 Å². The van der Waals surface area contributed by atoms with E-state index in [1.165, 1.54) is 0 Å². The first-order valence-corrected chi connectivity index (χ1v) is 7.23. The minimum Gasteiger partial charge on any atom is -0.347 e. The fraction of sp³-hybridized carbons (Fsp3) is 0.857. The summed E-state index contributed by atoms with van der Waals surface area (Å²) in [7, 11) is 1.73. The average molecular weight is 269 g/mol. The summed E-state index contributed by atoms with van der Waals surface area (Å²) in [5.41, 5.74) is 5.95. The van der Waals surface area contributed by atoms with Gasteiger partial charge in [-0.15, -0.1) is 0 Å². The minimum absolute atomic E-state index is 0.0306. The summed E-state index contributed by atoms with van der Waals surface area (Å²) in [6.45, 7) is 4.59. The first kappa shape index (κ1) is 16.0. The molecule has 0 radical (unpaired) electrons. The van der Waals surface area contributed by atoms with E-state index >= 15 is 0 Å². The molecular weight excluding hydrogens is 242 g/mol. The number of rotatable bonds is 5. The molecule has 110 valence electrons. The van der Waals surface area contributed by atoms with E-state index in [9.17, 15) is 9.59 Å². The summed E-state index contributed by atoms with van der Waals surface area (Å²) in [4.78, 5) is 25.3. The number of nitrogens with two attached hydrogens (primary N) is 1. The number of hydrogen-bond donors (Lipinski definition) is 2. The maximum atomic E-state index is 12.0. The Morgan fingerprint density at radius 2 is 2.11 bits per heavy atom. The average Bonchev–Trinajstić information content (AvgIpc) is 2.42. The van der Waals surface area contributed by atoms with Crippen molar-refractivity contribution in [1.29, 1.82) is 0 Å². The Kier molecular flexibility index (Phi) is 6.28. The number of carbonyl (C=O) groups is 2. The normalized spacial score (nSPS) is 24.6. The van der Waals surface area contributed by atoms with Gasteiger partial charge in [0.15, 0.2) is 0 Å². The molecule has 1 fully saturated rings. The van der Waals surface area contributed by atoms with Crippen LogP contribution in [0.5, 0.6) is 0 Å². The first-order chi connectivity index (χ1) is 8.95. The molecule has 1 saturated carbocycles.